The molecule has 6 nitrogen and oxygen atoms in total. The summed E-state index contributed by atoms with van der Waals surface area (Å²) in [6, 6.07) is 3.78. The molecule has 124 valence electrons. The van der Waals surface area contributed by atoms with E-state index in [2.05, 4.69) is 15.9 Å². The summed E-state index contributed by atoms with van der Waals surface area (Å²) in [7, 11) is 1.18. The molecule has 1 aliphatic heterocycles. The third kappa shape index (κ3) is 3.55. The van der Waals surface area contributed by atoms with Crippen LogP contribution in [0.25, 0.3) is 0 Å². The van der Waals surface area contributed by atoms with E-state index in [9.17, 15) is 14.4 Å². The molecule has 0 fully saturated rings. The van der Waals surface area contributed by atoms with Gasteiger partial charge in [-0.2, -0.15) is 0 Å². The molecule has 0 saturated carbocycles. The highest BCUT2D eigenvalue weighted by molar-refractivity contribution is 9.10. The van der Waals surface area contributed by atoms with Crippen LogP contribution in [-0.2, 0) is 20.8 Å². The Morgan fingerprint density at radius 3 is 2.52 bits per heavy atom. The number of ketones is 1. The lowest BCUT2D eigenvalue weighted by atomic mass is 9.93. The number of methoxy groups -OCH3 is 1. The molecule has 0 radical (unpaired) electrons. The zero-order chi connectivity index (χ0) is 17.4. The number of carbonyl (C=O) groups excluding carboxylic acids is 3. The summed E-state index contributed by atoms with van der Waals surface area (Å²) in [6.07, 6.45) is -0.734. The molecule has 0 aliphatic carbocycles. The Bertz CT molecular complexity index is 665. The molecule has 1 heterocycles. The Balaban J connectivity index is 2.47. The molecule has 1 amide bonds. The Morgan fingerprint density at radius 2 is 1.96 bits per heavy atom. The highest BCUT2D eigenvalue weighted by atomic mass is 79.9. The van der Waals surface area contributed by atoms with Crippen LogP contribution in [-0.4, -0.2) is 41.5 Å². The number of benzene rings is 1. The van der Waals surface area contributed by atoms with Gasteiger partial charge in [0.1, 0.15) is 5.60 Å². The van der Waals surface area contributed by atoms with Crippen molar-refractivity contribution in [2.24, 2.45) is 0 Å². The molecular weight excluding hydrogens is 366 g/mol. The molecule has 0 saturated heterocycles. The second kappa shape index (κ2) is 6.31. The smallest absolute Gasteiger partial charge is 0.411 e. The maximum atomic E-state index is 12.7. The largest absolute Gasteiger partial charge is 0.467 e. The van der Waals surface area contributed by atoms with Gasteiger partial charge in [0.05, 0.1) is 13.7 Å². The molecule has 23 heavy (non-hydrogen) atoms. The Kier molecular flexibility index (Phi) is 4.79. The summed E-state index contributed by atoms with van der Waals surface area (Å²) in [5.41, 5.74) is 0.299. The van der Waals surface area contributed by atoms with Gasteiger partial charge in [0.15, 0.2) is 11.8 Å². The lowest BCUT2D eigenvalue weighted by Gasteiger charge is -2.35. The minimum Gasteiger partial charge on any atom is -0.467 e. The molecule has 0 bridgehead atoms. The van der Waals surface area contributed by atoms with Gasteiger partial charge in [0.25, 0.3) is 0 Å². The quantitative estimate of drug-likeness (QED) is 0.550. The van der Waals surface area contributed by atoms with Gasteiger partial charge in [-0.15, -0.1) is 0 Å². The number of esters is 1. The van der Waals surface area contributed by atoms with Crippen molar-refractivity contribution in [2.75, 3.05) is 7.11 Å². The minimum absolute atomic E-state index is 0.0805. The fourth-order valence-electron chi connectivity index (χ4n) is 2.34. The van der Waals surface area contributed by atoms with Crippen molar-refractivity contribution < 1.29 is 23.9 Å². The van der Waals surface area contributed by atoms with Crippen molar-refractivity contribution in [1.82, 2.24) is 4.90 Å². The van der Waals surface area contributed by atoms with Gasteiger partial charge in [-0.3, -0.25) is 9.69 Å². The van der Waals surface area contributed by atoms with Crippen LogP contribution < -0.4 is 0 Å². The Morgan fingerprint density at radius 1 is 1.30 bits per heavy atom. The molecule has 1 aliphatic rings. The first-order valence-electron chi connectivity index (χ1n) is 7.04. The summed E-state index contributed by atoms with van der Waals surface area (Å²) in [5.74, 6) is -1.27. The van der Waals surface area contributed by atoms with Crippen molar-refractivity contribution >= 4 is 33.8 Å². The van der Waals surface area contributed by atoms with Crippen LogP contribution in [0.2, 0.25) is 0 Å². The van der Waals surface area contributed by atoms with Crippen LogP contribution in [0.3, 0.4) is 0 Å². The van der Waals surface area contributed by atoms with Gasteiger partial charge in [0.2, 0.25) is 0 Å². The average molecular weight is 384 g/mol. The lowest BCUT2D eigenvalue weighted by molar-refractivity contribution is -0.145. The third-order valence-electron chi connectivity index (χ3n) is 3.33. The van der Waals surface area contributed by atoms with Gasteiger partial charge in [-0.05, 0) is 32.4 Å². The summed E-state index contributed by atoms with van der Waals surface area (Å²) in [6.45, 7) is 5.23. The summed E-state index contributed by atoms with van der Waals surface area (Å²) >= 11 is 3.37. The lowest BCUT2D eigenvalue weighted by Crippen LogP contribution is -2.54. The number of rotatable bonds is 1. The van der Waals surface area contributed by atoms with Gasteiger partial charge >= 0.3 is 12.1 Å². The van der Waals surface area contributed by atoms with E-state index in [0.717, 1.165) is 4.90 Å². The highest BCUT2D eigenvalue weighted by Crippen LogP contribution is 2.30. The van der Waals surface area contributed by atoms with E-state index in [1.807, 2.05) is 0 Å². The van der Waals surface area contributed by atoms with Gasteiger partial charge in [-0.25, -0.2) is 9.59 Å². The fourth-order valence-corrected chi connectivity index (χ4v) is 2.83. The molecule has 0 aromatic heterocycles. The van der Waals surface area contributed by atoms with Crippen LogP contribution in [0, 0.1) is 0 Å². The molecule has 7 heteroatoms. The standard InChI is InChI=1S/C16H18BrNO5/c1-16(2,3)23-15(21)18-8-10-9(6-5-7-11(10)17)13(19)12(18)14(20)22-4/h5-7,12H,8H2,1-4H3/t12-/m0/s1. The maximum Gasteiger partial charge on any atom is 0.411 e. The number of nitrogens with zero attached hydrogens (tertiary/aromatic N) is 1. The molecular formula is C16H18BrNO5. The average Bonchev–Trinajstić information content (AvgIpc) is 2.45. The first kappa shape index (κ1) is 17.5. The van der Waals surface area contributed by atoms with E-state index in [-0.39, 0.29) is 6.54 Å². The monoisotopic (exact) mass is 383 g/mol. The van der Waals surface area contributed by atoms with Crippen LogP contribution in [0.5, 0.6) is 0 Å². The van der Waals surface area contributed by atoms with E-state index < -0.39 is 29.5 Å². The van der Waals surface area contributed by atoms with Crippen molar-refractivity contribution in [2.45, 2.75) is 39.0 Å². The minimum atomic E-state index is -1.34. The molecule has 0 N–H and O–H groups in total. The van der Waals surface area contributed by atoms with Crippen LogP contribution in [0.1, 0.15) is 36.7 Å². The highest BCUT2D eigenvalue weighted by Gasteiger charge is 2.44. The predicted molar refractivity (Wildman–Crippen MR) is 86.1 cm³/mol. The maximum absolute atomic E-state index is 12.7. The molecule has 1 aromatic carbocycles. The van der Waals surface area contributed by atoms with Crippen LogP contribution in [0.15, 0.2) is 22.7 Å². The number of ether oxygens (including phenoxy) is 2. The fraction of sp³-hybridized carbons (Fsp3) is 0.438. The zero-order valence-corrected chi connectivity index (χ0v) is 15.0. The van der Waals surface area contributed by atoms with Crippen molar-refractivity contribution in [3.05, 3.63) is 33.8 Å². The number of halogens is 1. The molecule has 2 rings (SSSR count). The van der Waals surface area contributed by atoms with Gasteiger partial charge < -0.3 is 9.47 Å². The number of Topliss-reactive ketones (excluding diaryl/α,β-unsaturated/α-hetero) is 1. The molecule has 0 spiro atoms. The van der Waals surface area contributed by atoms with Crippen molar-refractivity contribution in [1.29, 1.82) is 0 Å². The Hall–Kier alpha value is -1.89. The van der Waals surface area contributed by atoms with E-state index in [1.54, 1.807) is 39.0 Å². The third-order valence-corrected chi connectivity index (χ3v) is 4.07. The molecule has 0 unspecified atom stereocenters. The summed E-state index contributed by atoms with van der Waals surface area (Å²) < 4.78 is 10.7. The number of hydrogen-bond acceptors (Lipinski definition) is 5. The first-order valence-corrected chi connectivity index (χ1v) is 7.84. The molecule has 1 atom stereocenters. The Labute approximate surface area is 142 Å². The first-order chi connectivity index (χ1) is 10.7. The van der Waals surface area contributed by atoms with E-state index >= 15 is 0 Å². The van der Waals surface area contributed by atoms with Crippen LogP contribution in [0.4, 0.5) is 4.79 Å². The SMILES string of the molecule is COC(=O)[C@@H]1C(=O)c2cccc(Br)c2CN1C(=O)OC(C)(C)C. The normalized spacial score (nSPS) is 17.5. The molecule has 1 aromatic rings. The summed E-state index contributed by atoms with van der Waals surface area (Å²) in [4.78, 5) is 38.3. The second-order valence-corrected chi connectivity index (χ2v) is 7.02. The zero-order valence-electron chi connectivity index (χ0n) is 13.4. The topological polar surface area (TPSA) is 72.9 Å². The second-order valence-electron chi connectivity index (χ2n) is 6.16. The number of fused-ring (bicyclic) bond motifs is 1. The van der Waals surface area contributed by atoms with E-state index in [4.69, 9.17) is 9.47 Å². The van der Waals surface area contributed by atoms with E-state index in [1.165, 1.54) is 7.11 Å². The number of hydrogen-bond donors (Lipinski definition) is 0. The predicted octanol–water partition coefficient (Wildman–Crippen LogP) is 2.92. The number of amides is 1. The summed E-state index contributed by atoms with van der Waals surface area (Å²) in [5, 5.41) is 0. The number of carbonyl (C=O) groups is 3. The van der Waals surface area contributed by atoms with Crippen molar-refractivity contribution in [3.8, 4) is 0 Å². The van der Waals surface area contributed by atoms with Crippen LogP contribution >= 0.6 is 15.9 Å². The van der Waals surface area contributed by atoms with E-state index in [0.29, 0.717) is 15.6 Å². The van der Waals surface area contributed by atoms with Gasteiger partial charge in [-0.1, -0.05) is 28.1 Å². The van der Waals surface area contributed by atoms with Crippen molar-refractivity contribution in [3.63, 3.8) is 0 Å². The van der Waals surface area contributed by atoms with Gasteiger partial charge in [0, 0.05) is 10.0 Å².